The van der Waals surface area contributed by atoms with Crippen LogP contribution in [0.2, 0.25) is 5.02 Å². The topological polar surface area (TPSA) is 77.6 Å². The number of carbonyl (C=O) groups is 1. The van der Waals surface area contributed by atoms with E-state index in [0.29, 0.717) is 0 Å². The fourth-order valence-corrected chi connectivity index (χ4v) is 1.55. The maximum Gasteiger partial charge on any atom is 0.368 e. The van der Waals surface area contributed by atoms with Crippen molar-refractivity contribution in [3.63, 3.8) is 0 Å². The summed E-state index contributed by atoms with van der Waals surface area (Å²) in [5.74, 6) is -3.54. The molecule has 0 aliphatic rings. The first kappa shape index (κ1) is 14.9. The van der Waals surface area contributed by atoms with Crippen LogP contribution < -0.4 is 5.73 Å². The number of carbonyl (C=O) groups excluding carboxylic acids is 1. The summed E-state index contributed by atoms with van der Waals surface area (Å²) in [6.45, 7) is 0. The zero-order valence-corrected chi connectivity index (χ0v) is 11.1. The number of aromatic nitrogens is 1. The number of nitrogens with zero attached hydrogens (tertiary/aromatic N) is 2. The first-order chi connectivity index (χ1) is 10.0. The van der Waals surface area contributed by atoms with Crippen molar-refractivity contribution < 1.29 is 18.4 Å². The molecule has 0 atom stereocenters. The van der Waals surface area contributed by atoms with E-state index >= 15 is 0 Å². The third kappa shape index (κ3) is 3.32. The van der Waals surface area contributed by atoms with Crippen LogP contribution in [0, 0.1) is 11.6 Å². The molecule has 0 fully saturated rings. The van der Waals surface area contributed by atoms with Gasteiger partial charge in [0.2, 0.25) is 0 Å². The van der Waals surface area contributed by atoms with Gasteiger partial charge in [-0.3, -0.25) is 4.98 Å². The summed E-state index contributed by atoms with van der Waals surface area (Å²) in [6, 6.07) is 6.60. The summed E-state index contributed by atoms with van der Waals surface area (Å²) in [4.78, 5) is 20.0. The highest BCUT2D eigenvalue weighted by molar-refractivity contribution is 6.31. The summed E-state index contributed by atoms with van der Waals surface area (Å²) < 4.78 is 26.6. The minimum Gasteiger partial charge on any atom is -0.379 e. The van der Waals surface area contributed by atoms with Gasteiger partial charge in [0, 0.05) is 6.20 Å². The van der Waals surface area contributed by atoms with E-state index in [1.54, 1.807) is 18.2 Å². The zero-order chi connectivity index (χ0) is 15.4. The van der Waals surface area contributed by atoms with Crippen LogP contribution in [0.5, 0.6) is 0 Å². The van der Waals surface area contributed by atoms with Crippen molar-refractivity contribution in [3.05, 3.63) is 64.4 Å². The highest BCUT2D eigenvalue weighted by Crippen LogP contribution is 2.22. The molecular formula is C13H8ClF2N3O2. The third-order valence-corrected chi connectivity index (χ3v) is 2.76. The molecule has 108 valence electrons. The maximum atomic E-state index is 13.6. The standard InChI is InChI=1S/C13H8ClF2N3O2/c14-10-8(15)5-4-7(11(10)16)13(20)21-19-12(17)9-3-1-2-6-18-9/h1-6H,(H2,17,19). The van der Waals surface area contributed by atoms with Gasteiger partial charge in [-0.2, -0.15) is 0 Å². The Morgan fingerprint density at radius 2 is 2.05 bits per heavy atom. The van der Waals surface area contributed by atoms with Crippen molar-refractivity contribution in [1.29, 1.82) is 0 Å². The van der Waals surface area contributed by atoms with Gasteiger partial charge in [0.05, 0.1) is 5.56 Å². The molecule has 0 radical (unpaired) electrons. The summed E-state index contributed by atoms with van der Waals surface area (Å²) in [7, 11) is 0. The fraction of sp³-hybridized carbons (Fsp3) is 0. The minimum absolute atomic E-state index is 0.169. The average molecular weight is 312 g/mol. The summed E-state index contributed by atoms with van der Waals surface area (Å²) in [5.41, 5.74) is 5.27. The van der Waals surface area contributed by atoms with Crippen LogP contribution in [0.1, 0.15) is 16.1 Å². The Morgan fingerprint density at radius 1 is 1.29 bits per heavy atom. The lowest BCUT2D eigenvalue weighted by atomic mass is 10.2. The maximum absolute atomic E-state index is 13.6. The Hall–Kier alpha value is -2.54. The lowest BCUT2D eigenvalue weighted by molar-refractivity contribution is 0.0510. The largest absolute Gasteiger partial charge is 0.379 e. The number of nitrogens with two attached hydrogens (primary N) is 1. The number of halogens is 3. The van der Waals surface area contributed by atoms with Crippen LogP contribution in [0.25, 0.3) is 0 Å². The molecule has 8 heteroatoms. The second-order valence-electron chi connectivity index (χ2n) is 3.79. The first-order valence-electron chi connectivity index (χ1n) is 5.60. The van der Waals surface area contributed by atoms with Gasteiger partial charge in [0.15, 0.2) is 11.7 Å². The molecule has 0 aliphatic heterocycles. The fourth-order valence-electron chi connectivity index (χ4n) is 1.38. The Morgan fingerprint density at radius 3 is 2.71 bits per heavy atom. The smallest absolute Gasteiger partial charge is 0.368 e. The Kier molecular flexibility index (Phi) is 4.44. The monoisotopic (exact) mass is 311 g/mol. The van der Waals surface area contributed by atoms with E-state index in [4.69, 9.17) is 17.3 Å². The molecule has 0 amide bonds. The summed E-state index contributed by atoms with van der Waals surface area (Å²) in [6.07, 6.45) is 1.47. The number of hydrogen-bond donors (Lipinski definition) is 1. The third-order valence-electron chi connectivity index (χ3n) is 2.41. The van der Waals surface area contributed by atoms with E-state index in [2.05, 4.69) is 15.0 Å². The highest BCUT2D eigenvalue weighted by atomic mass is 35.5. The lowest BCUT2D eigenvalue weighted by Gasteiger charge is -2.03. The van der Waals surface area contributed by atoms with Gasteiger partial charge in [-0.25, -0.2) is 13.6 Å². The molecule has 21 heavy (non-hydrogen) atoms. The van der Waals surface area contributed by atoms with Crippen LogP contribution in [-0.2, 0) is 4.84 Å². The molecule has 0 spiro atoms. The quantitative estimate of drug-likeness (QED) is 0.310. The number of pyridine rings is 1. The molecule has 0 saturated carbocycles. The van der Waals surface area contributed by atoms with Crippen molar-refractivity contribution >= 4 is 23.4 Å². The Labute approximate surface area is 123 Å². The minimum atomic E-state index is -1.23. The van der Waals surface area contributed by atoms with Gasteiger partial charge in [0.1, 0.15) is 16.5 Å². The molecular weight excluding hydrogens is 304 g/mol. The molecule has 2 aromatic rings. The number of hydrogen-bond acceptors (Lipinski definition) is 4. The van der Waals surface area contributed by atoms with E-state index in [1.165, 1.54) is 6.20 Å². The number of rotatable bonds is 3. The van der Waals surface area contributed by atoms with E-state index in [9.17, 15) is 13.6 Å². The van der Waals surface area contributed by atoms with Gasteiger partial charge in [0.25, 0.3) is 0 Å². The average Bonchev–Trinajstić information content (AvgIpc) is 2.51. The van der Waals surface area contributed by atoms with Crippen LogP contribution in [-0.4, -0.2) is 16.8 Å². The Balaban J connectivity index is 2.18. The van der Waals surface area contributed by atoms with E-state index in [-0.39, 0.29) is 11.5 Å². The predicted molar refractivity (Wildman–Crippen MR) is 71.7 cm³/mol. The van der Waals surface area contributed by atoms with Crippen LogP contribution in [0.4, 0.5) is 8.78 Å². The molecule has 0 unspecified atom stereocenters. The lowest BCUT2D eigenvalue weighted by Crippen LogP contribution is -2.17. The van der Waals surface area contributed by atoms with Gasteiger partial charge >= 0.3 is 5.97 Å². The molecule has 1 heterocycles. The van der Waals surface area contributed by atoms with E-state index in [1.807, 2.05) is 0 Å². The molecule has 1 aromatic carbocycles. The van der Waals surface area contributed by atoms with Crippen molar-refractivity contribution in [2.24, 2.45) is 10.9 Å². The first-order valence-corrected chi connectivity index (χ1v) is 5.98. The van der Waals surface area contributed by atoms with Crippen molar-refractivity contribution in [2.45, 2.75) is 0 Å². The normalized spacial score (nSPS) is 11.3. The van der Waals surface area contributed by atoms with E-state index in [0.717, 1.165) is 12.1 Å². The second-order valence-corrected chi connectivity index (χ2v) is 4.17. The van der Waals surface area contributed by atoms with Crippen molar-refractivity contribution in [3.8, 4) is 0 Å². The SMILES string of the molecule is N/C(=N\OC(=O)c1ccc(F)c(Cl)c1F)c1ccccn1. The van der Waals surface area contributed by atoms with E-state index < -0.39 is 28.2 Å². The van der Waals surface area contributed by atoms with Crippen molar-refractivity contribution in [2.75, 3.05) is 0 Å². The molecule has 1 aromatic heterocycles. The van der Waals surface area contributed by atoms with Crippen LogP contribution in [0.3, 0.4) is 0 Å². The van der Waals surface area contributed by atoms with Crippen molar-refractivity contribution in [1.82, 2.24) is 4.98 Å². The van der Waals surface area contributed by atoms with Gasteiger partial charge in [-0.05, 0) is 24.3 Å². The Bertz CT molecular complexity index is 708. The predicted octanol–water partition coefficient (Wildman–Crippen LogP) is 2.49. The zero-order valence-electron chi connectivity index (χ0n) is 10.4. The summed E-state index contributed by atoms with van der Waals surface area (Å²) >= 11 is 5.36. The molecule has 2 N–H and O–H groups in total. The molecule has 5 nitrogen and oxygen atoms in total. The molecule has 2 rings (SSSR count). The van der Waals surface area contributed by atoms with Crippen LogP contribution >= 0.6 is 11.6 Å². The molecule has 0 aliphatic carbocycles. The molecule has 0 saturated heterocycles. The van der Waals surface area contributed by atoms with Gasteiger partial charge < -0.3 is 10.6 Å². The van der Waals surface area contributed by atoms with Gasteiger partial charge in [-0.1, -0.05) is 22.8 Å². The summed E-state index contributed by atoms with van der Waals surface area (Å²) in [5, 5.41) is 2.54. The number of amidine groups is 1. The molecule has 0 bridgehead atoms. The van der Waals surface area contributed by atoms with Crippen LogP contribution in [0.15, 0.2) is 41.7 Å². The highest BCUT2D eigenvalue weighted by Gasteiger charge is 2.19. The number of oxime groups is 1. The number of benzene rings is 1. The van der Waals surface area contributed by atoms with Gasteiger partial charge in [-0.15, -0.1) is 0 Å². The second kappa shape index (κ2) is 6.27.